The van der Waals surface area contributed by atoms with Crippen LogP contribution in [0.15, 0.2) is 83.7 Å². The van der Waals surface area contributed by atoms with E-state index in [0.717, 1.165) is 17.7 Å². The number of methoxy groups -OCH3 is 1. The molecule has 0 amide bonds. The van der Waals surface area contributed by atoms with Crippen molar-refractivity contribution < 1.29 is 23.9 Å². The Kier molecular flexibility index (Phi) is 8.58. The van der Waals surface area contributed by atoms with Crippen molar-refractivity contribution in [2.75, 3.05) is 13.7 Å². The number of Topliss-reactive ketones (excluding diaryl/α,β-unsaturated/α-hetero) is 1. The van der Waals surface area contributed by atoms with Crippen LogP contribution in [0.5, 0.6) is 5.75 Å². The van der Waals surface area contributed by atoms with Crippen molar-refractivity contribution in [1.29, 1.82) is 0 Å². The van der Waals surface area contributed by atoms with Crippen molar-refractivity contribution in [3.8, 4) is 5.75 Å². The second-order valence-corrected chi connectivity index (χ2v) is 7.65. The van der Waals surface area contributed by atoms with Crippen LogP contribution in [0.25, 0.3) is 0 Å². The van der Waals surface area contributed by atoms with Crippen molar-refractivity contribution in [2.24, 2.45) is 5.16 Å². The predicted octanol–water partition coefficient (Wildman–Crippen LogP) is 5.61. The standard InChI is InChI=1S/C27H29NO5/c1-4-9-23(28-32-18-5-2)25-24(29)17-16-22(19-12-14-21(31-3)15-13-19)26(25)33-27(30)20-10-7-6-8-11-20/h5-8,10-15,22H,2,4,9,16-18H2,1,3H3. The van der Waals surface area contributed by atoms with E-state index in [-0.39, 0.29) is 18.3 Å². The highest BCUT2D eigenvalue weighted by atomic mass is 16.6. The van der Waals surface area contributed by atoms with Gasteiger partial charge in [-0.3, -0.25) is 4.79 Å². The molecule has 0 aromatic heterocycles. The molecule has 0 spiro atoms. The molecule has 0 heterocycles. The van der Waals surface area contributed by atoms with Gasteiger partial charge >= 0.3 is 5.97 Å². The van der Waals surface area contributed by atoms with Crippen LogP contribution in [0.1, 0.15) is 54.4 Å². The molecule has 0 saturated heterocycles. The van der Waals surface area contributed by atoms with Gasteiger partial charge in [-0.25, -0.2) is 4.79 Å². The summed E-state index contributed by atoms with van der Waals surface area (Å²) >= 11 is 0. The van der Waals surface area contributed by atoms with E-state index in [1.807, 2.05) is 37.3 Å². The molecule has 3 rings (SSSR count). The lowest BCUT2D eigenvalue weighted by Gasteiger charge is -2.28. The molecule has 2 aromatic rings. The first kappa shape index (κ1) is 24.0. The van der Waals surface area contributed by atoms with Gasteiger partial charge in [0, 0.05) is 12.3 Å². The van der Waals surface area contributed by atoms with Crippen LogP contribution in [-0.4, -0.2) is 31.2 Å². The van der Waals surface area contributed by atoms with Gasteiger partial charge in [-0.2, -0.15) is 0 Å². The number of nitrogens with zero attached hydrogens (tertiary/aromatic N) is 1. The average Bonchev–Trinajstić information content (AvgIpc) is 2.85. The van der Waals surface area contributed by atoms with Crippen LogP contribution in [0, 0.1) is 0 Å². The lowest BCUT2D eigenvalue weighted by Crippen LogP contribution is -2.27. The fourth-order valence-electron chi connectivity index (χ4n) is 3.78. The highest BCUT2D eigenvalue weighted by Crippen LogP contribution is 2.39. The Labute approximate surface area is 194 Å². The number of allylic oxidation sites excluding steroid dienone is 2. The lowest BCUT2D eigenvalue weighted by molar-refractivity contribution is -0.116. The summed E-state index contributed by atoms with van der Waals surface area (Å²) in [6.07, 6.45) is 3.70. The van der Waals surface area contributed by atoms with Gasteiger partial charge in [0.25, 0.3) is 0 Å². The Morgan fingerprint density at radius 3 is 2.52 bits per heavy atom. The van der Waals surface area contributed by atoms with Gasteiger partial charge in [-0.15, -0.1) is 0 Å². The van der Waals surface area contributed by atoms with E-state index in [9.17, 15) is 9.59 Å². The van der Waals surface area contributed by atoms with E-state index in [0.29, 0.717) is 41.9 Å². The molecule has 0 N–H and O–H groups in total. The first-order chi connectivity index (χ1) is 16.1. The van der Waals surface area contributed by atoms with E-state index in [4.69, 9.17) is 14.3 Å². The highest BCUT2D eigenvalue weighted by molar-refractivity contribution is 6.23. The molecule has 6 nitrogen and oxygen atoms in total. The number of hydrogen-bond acceptors (Lipinski definition) is 6. The topological polar surface area (TPSA) is 74.2 Å². The maximum absolute atomic E-state index is 13.1. The molecule has 33 heavy (non-hydrogen) atoms. The Hall–Kier alpha value is -3.67. The number of rotatable bonds is 10. The van der Waals surface area contributed by atoms with Gasteiger partial charge in [-0.1, -0.05) is 61.5 Å². The van der Waals surface area contributed by atoms with E-state index in [2.05, 4.69) is 11.7 Å². The third-order valence-electron chi connectivity index (χ3n) is 5.37. The molecule has 1 atom stereocenters. The summed E-state index contributed by atoms with van der Waals surface area (Å²) in [5, 5.41) is 4.22. The zero-order chi connectivity index (χ0) is 23.6. The maximum atomic E-state index is 13.1. The summed E-state index contributed by atoms with van der Waals surface area (Å²) in [5.74, 6) is 0.144. The number of carbonyl (C=O) groups is 2. The minimum Gasteiger partial charge on any atom is -0.497 e. The summed E-state index contributed by atoms with van der Waals surface area (Å²) in [7, 11) is 1.61. The fraction of sp³-hybridized carbons (Fsp3) is 0.296. The van der Waals surface area contributed by atoms with Gasteiger partial charge in [0.1, 0.15) is 18.1 Å². The molecule has 1 aliphatic carbocycles. The van der Waals surface area contributed by atoms with Gasteiger partial charge in [0.05, 0.1) is 24.0 Å². The number of carbonyl (C=O) groups excluding carboxylic acids is 2. The third kappa shape index (κ3) is 5.98. The van der Waals surface area contributed by atoms with Gasteiger partial charge in [-0.05, 0) is 42.7 Å². The quantitative estimate of drug-likeness (QED) is 0.156. The fourth-order valence-corrected chi connectivity index (χ4v) is 3.78. The summed E-state index contributed by atoms with van der Waals surface area (Å²) in [5.41, 5.74) is 2.16. The third-order valence-corrected chi connectivity index (χ3v) is 5.37. The van der Waals surface area contributed by atoms with Gasteiger partial charge < -0.3 is 14.3 Å². The zero-order valence-corrected chi connectivity index (χ0v) is 19.1. The molecule has 172 valence electrons. The molecule has 0 aliphatic heterocycles. The molecule has 1 aliphatic rings. The van der Waals surface area contributed by atoms with Crippen molar-refractivity contribution in [3.05, 3.63) is 89.7 Å². The van der Waals surface area contributed by atoms with Crippen LogP contribution >= 0.6 is 0 Å². The van der Waals surface area contributed by atoms with Crippen molar-refractivity contribution in [1.82, 2.24) is 0 Å². The van der Waals surface area contributed by atoms with Crippen molar-refractivity contribution >= 4 is 17.5 Å². The second kappa shape index (κ2) is 11.8. The van der Waals surface area contributed by atoms with E-state index < -0.39 is 5.97 Å². The summed E-state index contributed by atoms with van der Waals surface area (Å²) in [6, 6.07) is 16.3. The zero-order valence-electron chi connectivity index (χ0n) is 19.1. The first-order valence-electron chi connectivity index (χ1n) is 11.1. The summed E-state index contributed by atoms with van der Waals surface area (Å²) in [6.45, 7) is 5.84. The minimum absolute atomic E-state index is 0.106. The first-order valence-corrected chi connectivity index (χ1v) is 11.1. The second-order valence-electron chi connectivity index (χ2n) is 7.65. The predicted molar refractivity (Wildman–Crippen MR) is 127 cm³/mol. The number of ketones is 1. The Morgan fingerprint density at radius 1 is 1.15 bits per heavy atom. The number of benzene rings is 2. The molecule has 0 bridgehead atoms. The SMILES string of the molecule is C=CCON=C(CCC)C1=C(OC(=O)c2ccccc2)C(c2ccc(OC)cc2)CCC1=O. The number of hydrogen-bond donors (Lipinski definition) is 0. The molecule has 6 heteroatoms. The van der Waals surface area contributed by atoms with Crippen molar-refractivity contribution in [2.45, 2.75) is 38.5 Å². The summed E-state index contributed by atoms with van der Waals surface area (Å²) < 4.78 is 11.2. The molecular formula is C27H29NO5. The molecule has 1 unspecified atom stereocenters. The van der Waals surface area contributed by atoms with Crippen LogP contribution in [0.2, 0.25) is 0 Å². The lowest BCUT2D eigenvalue weighted by atomic mass is 9.80. The maximum Gasteiger partial charge on any atom is 0.343 e. The largest absolute Gasteiger partial charge is 0.497 e. The molecule has 0 radical (unpaired) electrons. The average molecular weight is 448 g/mol. The van der Waals surface area contributed by atoms with E-state index in [1.165, 1.54) is 0 Å². The number of esters is 1. The number of oxime groups is 1. The number of ether oxygens (including phenoxy) is 2. The Bertz CT molecular complexity index is 1040. The molecular weight excluding hydrogens is 418 g/mol. The summed E-state index contributed by atoms with van der Waals surface area (Å²) in [4.78, 5) is 31.5. The van der Waals surface area contributed by atoms with Crippen LogP contribution in [0.3, 0.4) is 0 Å². The monoisotopic (exact) mass is 447 g/mol. The minimum atomic E-state index is -0.515. The van der Waals surface area contributed by atoms with Crippen LogP contribution in [-0.2, 0) is 14.4 Å². The van der Waals surface area contributed by atoms with Crippen molar-refractivity contribution in [3.63, 3.8) is 0 Å². The Morgan fingerprint density at radius 2 is 1.88 bits per heavy atom. The molecule has 2 aromatic carbocycles. The van der Waals surface area contributed by atoms with E-state index >= 15 is 0 Å². The molecule has 0 saturated carbocycles. The van der Waals surface area contributed by atoms with Crippen LogP contribution in [0.4, 0.5) is 0 Å². The highest BCUT2D eigenvalue weighted by Gasteiger charge is 2.35. The van der Waals surface area contributed by atoms with Gasteiger partial charge in [0.15, 0.2) is 5.78 Å². The van der Waals surface area contributed by atoms with E-state index in [1.54, 1.807) is 37.5 Å². The smallest absolute Gasteiger partial charge is 0.343 e. The Balaban J connectivity index is 2.11. The van der Waals surface area contributed by atoms with Crippen LogP contribution < -0.4 is 4.74 Å². The normalized spacial score (nSPS) is 16.4. The molecule has 0 fully saturated rings. The van der Waals surface area contributed by atoms with Gasteiger partial charge in [0.2, 0.25) is 0 Å².